The molecule has 1 saturated carbocycles. The number of hydrogen-bond acceptors (Lipinski definition) is 9. The Morgan fingerprint density at radius 1 is 1.05 bits per heavy atom. The Labute approximate surface area is 247 Å². The van der Waals surface area contributed by atoms with Crippen LogP contribution in [0.15, 0.2) is 78.9 Å². The summed E-state index contributed by atoms with van der Waals surface area (Å²) in [5.74, 6) is -0.562. The summed E-state index contributed by atoms with van der Waals surface area (Å²) in [7, 11) is 0. The van der Waals surface area contributed by atoms with Crippen LogP contribution in [-0.2, 0) is 0 Å². The zero-order valence-corrected chi connectivity index (χ0v) is 23.2. The van der Waals surface area contributed by atoms with Crippen LogP contribution in [0.1, 0.15) is 54.5 Å². The minimum absolute atomic E-state index is 0.218. The third-order valence-corrected chi connectivity index (χ3v) is 7.65. The first-order chi connectivity index (χ1) is 20.5. The Hall–Kier alpha value is -4.90. The number of anilines is 2. The topological polar surface area (TPSA) is 125 Å². The summed E-state index contributed by atoms with van der Waals surface area (Å²) in [6.45, 7) is 0. The van der Waals surface area contributed by atoms with Crippen molar-refractivity contribution >= 4 is 33.9 Å². The molecule has 0 spiro atoms. The van der Waals surface area contributed by atoms with Crippen molar-refractivity contribution in [1.82, 2.24) is 25.9 Å². The molecule has 4 aromatic rings. The second kappa shape index (κ2) is 11.9. The minimum atomic E-state index is -0.562. The number of aromatic nitrogens is 2. The van der Waals surface area contributed by atoms with Crippen molar-refractivity contribution in [1.29, 1.82) is 10.5 Å². The first-order valence-corrected chi connectivity index (χ1v) is 14.0. The van der Waals surface area contributed by atoms with Gasteiger partial charge in [-0.05, 0) is 48.6 Å². The van der Waals surface area contributed by atoms with Gasteiger partial charge in [0, 0.05) is 42.1 Å². The average Bonchev–Trinajstić information content (AvgIpc) is 3.75. The molecule has 11 heteroatoms. The van der Waals surface area contributed by atoms with Crippen LogP contribution in [0.4, 0.5) is 15.8 Å². The van der Waals surface area contributed by atoms with Gasteiger partial charge in [-0.1, -0.05) is 48.0 Å². The highest BCUT2D eigenvalue weighted by atomic mass is 35.5. The highest BCUT2D eigenvalue weighted by Crippen LogP contribution is 2.38. The van der Waals surface area contributed by atoms with Gasteiger partial charge in [0.2, 0.25) is 5.95 Å². The van der Waals surface area contributed by atoms with Crippen molar-refractivity contribution in [2.75, 3.05) is 10.6 Å². The molecule has 6 rings (SSSR count). The standard InChI is InChI=1S/C31H27ClFN9/c32-25-14-22(38-30(20-8-11-28(33)36-16-20)27-18-42(41-40-27)23-9-10-23)13-24-29(21(15-35)17-37-31(24)25)39-26(7-4-12-34)19-5-2-1-3-6-19/h1-3,5-6,8,11,13-14,16-18,23,26,30,38,40-41H,4,7,9-10H2,(H,37,39)/t26-,30?/m1/s1. The summed E-state index contributed by atoms with van der Waals surface area (Å²) in [6, 6.07) is 20.8. The molecular formula is C31H27ClFN9. The van der Waals surface area contributed by atoms with E-state index in [-0.39, 0.29) is 6.04 Å². The van der Waals surface area contributed by atoms with Crippen molar-refractivity contribution in [2.45, 2.75) is 43.8 Å². The van der Waals surface area contributed by atoms with Gasteiger partial charge in [-0.2, -0.15) is 14.9 Å². The fourth-order valence-corrected chi connectivity index (χ4v) is 5.35. The van der Waals surface area contributed by atoms with E-state index < -0.39 is 12.0 Å². The van der Waals surface area contributed by atoms with Crippen molar-refractivity contribution in [3.8, 4) is 12.1 Å². The third kappa shape index (κ3) is 5.77. The SMILES string of the molecule is N#CCC[C@@H](Nc1c(C#N)cnc2c(Cl)cc(NC(C3=CN(C4CC4)NN3)c3ccc(F)nc3)cc12)c1ccccc1. The molecule has 2 aromatic heterocycles. The molecule has 4 N–H and O–H groups in total. The quantitative estimate of drug-likeness (QED) is 0.162. The lowest BCUT2D eigenvalue weighted by Crippen LogP contribution is -2.38. The van der Waals surface area contributed by atoms with Crippen molar-refractivity contribution in [3.63, 3.8) is 0 Å². The predicted molar refractivity (Wildman–Crippen MR) is 159 cm³/mol. The lowest BCUT2D eigenvalue weighted by Gasteiger charge is -2.23. The maximum absolute atomic E-state index is 13.7. The van der Waals surface area contributed by atoms with Crippen molar-refractivity contribution in [2.24, 2.45) is 0 Å². The van der Waals surface area contributed by atoms with E-state index in [1.165, 1.54) is 18.5 Å². The molecule has 1 fully saturated rings. The Bertz CT molecular complexity index is 1710. The van der Waals surface area contributed by atoms with E-state index in [1.807, 2.05) is 47.6 Å². The molecule has 1 unspecified atom stereocenters. The van der Waals surface area contributed by atoms with E-state index >= 15 is 0 Å². The molecule has 1 aliphatic heterocycles. The summed E-state index contributed by atoms with van der Waals surface area (Å²) < 4.78 is 13.7. The number of hydrogen-bond donors (Lipinski definition) is 4. The number of hydrazine groups is 2. The van der Waals surface area contributed by atoms with Gasteiger partial charge in [0.05, 0.1) is 45.6 Å². The maximum atomic E-state index is 13.7. The number of halogens is 2. The van der Waals surface area contributed by atoms with Gasteiger partial charge in [-0.3, -0.25) is 9.99 Å². The summed E-state index contributed by atoms with van der Waals surface area (Å²) in [4.78, 5) is 8.36. The second-order valence-electron chi connectivity index (χ2n) is 10.3. The van der Waals surface area contributed by atoms with Crippen LogP contribution in [-0.4, -0.2) is 21.0 Å². The number of nitrogens with zero attached hydrogens (tertiary/aromatic N) is 5. The van der Waals surface area contributed by atoms with Crippen molar-refractivity contribution < 1.29 is 4.39 Å². The van der Waals surface area contributed by atoms with Crippen molar-refractivity contribution in [3.05, 3.63) is 107 Å². The fourth-order valence-electron chi connectivity index (χ4n) is 5.08. The van der Waals surface area contributed by atoms with E-state index in [2.05, 4.69) is 43.7 Å². The monoisotopic (exact) mass is 579 g/mol. The number of nitriles is 2. The highest BCUT2D eigenvalue weighted by molar-refractivity contribution is 6.35. The summed E-state index contributed by atoms with van der Waals surface area (Å²) in [5.41, 5.74) is 11.1. The lowest BCUT2D eigenvalue weighted by atomic mass is 10.00. The van der Waals surface area contributed by atoms with E-state index in [0.29, 0.717) is 51.7 Å². The Balaban J connectivity index is 1.41. The van der Waals surface area contributed by atoms with Crippen LogP contribution < -0.4 is 21.6 Å². The lowest BCUT2D eigenvalue weighted by molar-refractivity contribution is 0.260. The molecule has 0 bridgehead atoms. The summed E-state index contributed by atoms with van der Waals surface area (Å²) in [6.07, 6.45) is 8.11. The van der Waals surface area contributed by atoms with Crippen LogP contribution in [0.2, 0.25) is 5.02 Å². The van der Waals surface area contributed by atoms with E-state index in [4.69, 9.17) is 11.6 Å². The molecule has 2 aliphatic rings. The van der Waals surface area contributed by atoms with E-state index in [1.54, 1.807) is 12.1 Å². The smallest absolute Gasteiger partial charge is 0.212 e. The maximum Gasteiger partial charge on any atom is 0.212 e. The molecule has 2 atom stereocenters. The van der Waals surface area contributed by atoms with Gasteiger partial charge < -0.3 is 16.1 Å². The first-order valence-electron chi connectivity index (χ1n) is 13.6. The normalized spacial score (nSPS) is 15.7. The molecule has 1 aliphatic carbocycles. The van der Waals surface area contributed by atoms with E-state index in [0.717, 1.165) is 29.7 Å². The number of benzene rings is 2. The molecule has 9 nitrogen and oxygen atoms in total. The van der Waals surface area contributed by atoms with Gasteiger partial charge in [0.25, 0.3) is 0 Å². The van der Waals surface area contributed by atoms with E-state index in [9.17, 15) is 14.9 Å². The van der Waals surface area contributed by atoms with Gasteiger partial charge >= 0.3 is 0 Å². The zero-order valence-electron chi connectivity index (χ0n) is 22.5. The molecular weight excluding hydrogens is 553 g/mol. The van der Waals surface area contributed by atoms with Crippen LogP contribution in [0, 0.1) is 28.6 Å². The Morgan fingerprint density at radius 2 is 1.88 bits per heavy atom. The van der Waals surface area contributed by atoms with Crippen LogP contribution in [0.3, 0.4) is 0 Å². The summed E-state index contributed by atoms with van der Waals surface area (Å²) in [5, 5.41) is 29.5. The Morgan fingerprint density at radius 3 is 2.60 bits per heavy atom. The number of nitrogens with one attached hydrogen (secondary N) is 4. The van der Waals surface area contributed by atoms with Crippen LogP contribution in [0.5, 0.6) is 0 Å². The third-order valence-electron chi connectivity index (χ3n) is 7.36. The van der Waals surface area contributed by atoms with Gasteiger partial charge in [0.15, 0.2) is 0 Å². The van der Waals surface area contributed by atoms with Crippen LogP contribution >= 0.6 is 11.6 Å². The molecule has 0 saturated heterocycles. The highest BCUT2D eigenvalue weighted by Gasteiger charge is 2.32. The van der Waals surface area contributed by atoms with Gasteiger partial charge in [-0.25, -0.2) is 4.98 Å². The fraction of sp³-hybridized carbons (Fsp3) is 0.226. The zero-order chi connectivity index (χ0) is 29.1. The molecule has 0 amide bonds. The van der Waals surface area contributed by atoms with Gasteiger partial charge in [0.1, 0.15) is 6.07 Å². The minimum Gasteiger partial charge on any atom is -0.377 e. The summed E-state index contributed by atoms with van der Waals surface area (Å²) >= 11 is 6.78. The second-order valence-corrected chi connectivity index (χ2v) is 10.7. The average molecular weight is 580 g/mol. The van der Waals surface area contributed by atoms with Crippen LogP contribution in [0.25, 0.3) is 10.9 Å². The first kappa shape index (κ1) is 27.3. The molecule has 42 heavy (non-hydrogen) atoms. The number of rotatable bonds is 10. The predicted octanol–water partition coefficient (Wildman–Crippen LogP) is 6.23. The molecule has 2 aromatic carbocycles. The Kier molecular flexibility index (Phi) is 7.74. The molecule has 3 heterocycles. The largest absolute Gasteiger partial charge is 0.377 e. The number of pyridine rings is 2. The molecule has 210 valence electrons. The molecule has 0 radical (unpaired) electrons. The van der Waals surface area contributed by atoms with Gasteiger partial charge in [-0.15, -0.1) is 5.53 Å². The number of fused-ring (bicyclic) bond motifs is 1.